The molecule has 0 atom stereocenters. The van der Waals surface area contributed by atoms with E-state index in [2.05, 4.69) is 16.4 Å². The Balaban J connectivity index is 1.71. The van der Waals surface area contributed by atoms with Gasteiger partial charge in [-0.25, -0.2) is 0 Å². The van der Waals surface area contributed by atoms with E-state index in [1.165, 1.54) is 11.1 Å². The number of nitrogen functional groups attached to an aromatic ring is 1. The minimum atomic E-state index is 0.809. The van der Waals surface area contributed by atoms with Gasteiger partial charge >= 0.3 is 0 Å². The fourth-order valence-corrected chi connectivity index (χ4v) is 1.65. The lowest BCUT2D eigenvalue weighted by molar-refractivity contribution is 0.686. The van der Waals surface area contributed by atoms with Gasteiger partial charge in [-0.2, -0.15) is 0 Å². The molecule has 0 fully saturated rings. The average molecular weight is 227 g/mol. The Morgan fingerprint density at radius 1 is 1.06 bits per heavy atom. The lowest BCUT2D eigenvalue weighted by atomic mass is 10.2. The Morgan fingerprint density at radius 2 is 1.88 bits per heavy atom. The summed E-state index contributed by atoms with van der Waals surface area (Å²) in [6, 6.07) is 12.0. The van der Waals surface area contributed by atoms with Crippen molar-refractivity contribution in [2.75, 3.05) is 12.3 Å². The molecule has 0 spiro atoms. The summed E-state index contributed by atoms with van der Waals surface area (Å²) in [4.78, 5) is 4.09. The summed E-state index contributed by atoms with van der Waals surface area (Å²) >= 11 is 0. The van der Waals surface area contributed by atoms with E-state index >= 15 is 0 Å². The fourth-order valence-electron chi connectivity index (χ4n) is 1.65. The molecule has 0 radical (unpaired) electrons. The number of rotatable bonds is 5. The fraction of sp³-hybridized carbons (Fsp3) is 0.214. The van der Waals surface area contributed by atoms with Gasteiger partial charge in [0.2, 0.25) is 0 Å². The Hall–Kier alpha value is -1.87. The number of hydrogen-bond acceptors (Lipinski definition) is 3. The number of aromatic nitrogens is 1. The molecule has 0 bridgehead atoms. The van der Waals surface area contributed by atoms with E-state index in [0.717, 1.165) is 25.2 Å². The zero-order valence-electron chi connectivity index (χ0n) is 9.76. The van der Waals surface area contributed by atoms with Gasteiger partial charge in [0, 0.05) is 24.6 Å². The van der Waals surface area contributed by atoms with Gasteiger partial charge in [0.05, 0.1) is 0 Å². The van der Waals surface area contributed by atoms with Crippen molar-refractivity contribution in [3.63, 3.8) is 0 Å². The first kappa shape index (κ1) is 11.6. The number of pyridine rings is 1. The van der Waals surface area contributed by atoms with Crippen molar-refractivity contribution in [3.8, 4) is 0 Å². The molecule has 0 saturated heterocycles. The van der Waals surface area contributed by atoms with Gasteiger partial charge in [0.25, 0.3) is 0 Å². The highest BCUT2D eigenvalue weighted by Gasteiger charge is 1.94. The molecule has 2 rings (SSSR count). The molecule has 17 heavy (non-hydrogen) atoms. The summed E-state index contributed by atoms with van der Waals surface area (Å²) in [6.45, 7) is 1.83. The zero-order chi connectivity index (χ0) is 11.9. The van der Waals surface area contributed by atoms with Crippen molar-refractivity contribution in [3.05, 3.63) is 59.9 Å². The van der Waals surface area contributed by atoms with Crippen LogP contribution >= 0.6 is 0 Å². The van der Waals surface area contributed by atoms with Crippen molar-refractivity contribution in [2.24, 2.45) is 0 Å². The van der Waals surface area contributed by atoms with Crippen molar-refractivity contribution in [2.45, 2.75) is 13.0 Å². The third kappa shape index (κ3) is 3.89. The van der Waals surface area contributed by atoms with Gasteiger partial charge < -0.3 is 11.1 Å². The molecule has 3 heteroatoms. The molecule has 0 aliphatic rings. The van der Waals surface area contributed by atoms with Crippen molar-refractivity contribution >= 4 is 5.69 Å². The highest BCUT2D eigenvalue weighted by atomic mass is 14.8. The predicted molar refractivity (Wildman–Crippen MR) is 70.5 cm³/mol. The third-order valence-corrected chi connectivity index (χ3v) is 2.62. The minimum absolute atomic E-state index is 0.809. The standard InChI is InChI=1S/C14H17N3/c15-14-5-3-13(4-6-14)11-17-9-7-12-2-1-8-16-10-12/h1-6,8,10,17H,7,9,11,15H2. The van der Waals surface area contributed by atoms with Crippen LogP contribution < -0.4 is 11.1 Å². The molecule has 0 amide bonds. The summed E-state index contributed by atoms with van der Waals surface area (Å²) in [6.07, 6.45) is 4.71. The van der Waals surface area contributed by atoms with Crippen LogP contribution in [0.1, 0.15) is 11.1 Å². The molecular formula is C14H17N3. The quantitative estimate of drug-likeness (QED) is 0.606. The number of benzene rings is 1. The summed E-state index contributed by atoms with van der Waals surface area (Å²) in [5, 5.41) is 3.40. The number of nitrogens with two attached hydrogens (primary N) is 1. The Labute approximate surface area is 102 Å². The zero-order valence-corrected chi connectivity index (χ0v) is 9.76. The Kier molecular flexibility index (Phi) is 4.11. The molecule has 1 heterocycles. The van der Waals surface area contributed by atoms with Crippen LogP contribution in [0.25, 0.3) is 0 Å². The highest BCUT2D eigenvalue weighted by molar-refractivity contribution is 5.39. The SMILES string of the molecule is Nc1ccc(CNCCc2cccnc2)cc1. The highest BCUT2D eigenvalue weighted by Crippen LogP contribution is 2.04. The second-order valence-corrected chi connectivity index (χ2v) is 4.03. The number of hydrogen-bond donors (Lipinski definition) is 2. The molecule has 0 aliphatic carbocycles. The summed E-state index contributed by atoms with van der Waals surface area (Å²) in [7, 11) is 0. The number of nitrogens with zero attached hydrogens (tertiary/aromatic N) is 1. The van der Waals surface area contributed by atoms with E-state index in [1.54, 1.807) is 6.20 Å². The maximum atomic E-state index is 5.63. The summed E-state index contributed by atoms with van der Waals surface area (Å²) < 4.78 is 0. The van der Waals surface area contributed by atoms with Crippen LogP contribution in [-0.4, -0.2) is 11.5 Å². The van der Waals surface area contributed by atoms with Crippen molar-refractivity contribution in [1.82, 2.24) is 10.3 Å². The normalized spacial score (nSPS) is 10.4. The molecule has 0 saturated carbocycles. The Morgan fingerprint density at radius 3 is 2.59 bits per heavy atom. The molecule has 0 unspecified atom stereocenters. The van der Waals surface area contributed by atoms with Crippen LogP contribution in [0.5, 0.6) is 0 Å². The van der Waals surface area contributed by atoms with Gasteiger partial charge in [-0.15, -0.1) is 0 Å². The molecular weight excluding hydrogens is 210 g/mol. The molecule has 1 aromatic heterocycles. The average Bonchev–Trinajstić information content (AvgIpc) is 2.38. The van der Waals surface area contributed by atoms with E-state index in [0.29, 0.717) is 0 Å². The topological polar surface area (TPSA) is 50.9 Å². The number of nitrogens with one attached hydrogen (secondary N) is 1. The van der Waals surface area contributed by atoms with Gasteiger partial charge in [-0.3, -0.25) is 4.98 Å². The molecule has 0 aliphatic heterocycles. The van der Waals surface area contributed by atoms with Crippen LogP contribution in [0.15, 0.2) is 48.8 Å². The Bertz CT molecular complexity index is 437. The molecule has 1 aromatic carbocycles. The molecule has 88 valence electrons. The van der Waals surface area contributed by atoms with Gasteiger partial charge in [0.15, 0.2) is 0 Å². The smallest absolute Gasteiger partial charge is 0.0314 e. The minimum Gasteiger partial charge on any atom is -0.399 e. The first-order valence-electron chi connectivity index (χ1n) is 5.78. The first-order chi connectivity index (χ1) is 8.34. The van der Waals surface area contributed by atoms with Crippen LogP contribution in [-0.2, 0) is 13.0 Å². The van der Waals surface area contributed by atoms with E-state index in [-0.39, 0.29) is 0 Å². The third-order valence-electron chi connectivity index (χ3n) is 2.62. The number of anilines is 1. The molecule has 3 N–H and O–H groups in total. The van der Waals surface area contributed by atoms with Gasteiger partial charge in [0.1, 0.15) is 0 Å². The van der Waals surface area contributed by atoms with Crippen LogP contribution in [0, 0.1) is 0 Å². The second-order valence-electron chi connectivity index (χ2n) is 4.03. The first-order valence-corrected chi connectivity index (χ1v) is 5.78. The lowest BCUT2D eigenvalue weighted by Crippen LogP contribution is -2.16. The van der Waals surface area contributed by atoms with Gasteiger partial charge in [-0.1, -0.05) is 18.2 Å². The van der Waals surface area contributed by atoms with E-state index < -0.39 is 0 Å². The van der Waals surface area contributed by atoms with Crippen LogP contribution in [0.4, 0.5) is 5.69 Å². The monoisotopic (exact) mass is 227 g/mol. The molecule has 2 aromatic rings. The van der Waals surface area contributed by atoms with Crippen molar-refractivity contribution < 1.29 is 0 Å². The van der Waals surface area contributed by atoms with Crippen LogP contribution in [0.3, 0.4) is 0 Å². The lowest BCUT2D eigenvalue weighted by Gasteiger charge is -2.05. The largest absolute Gasteiger partial charge is 0.399 e. The van der Waals surface area contributed by atoms with Crippen molar-refractivity contribution in [1.29, 1.82) is 0 Å². The summed E-state index contributed by atoms with van der Waals surface area (Å²) in [5.74, 6) is 0. The predicted octanol–water partition coefficient (Wildman–Crippen LogP) is 2.00. The van der Waals surface area contributed by atoms with E-state index in [1.807, 2.05) is 36.5 Å². The van der Waals surface area contributed by atoms with E-state index in [4.69, 9.17) is 5.73 Å². The second kappa shape index (κ2) is 6.01. The van der Waals surface area contributed by atoms with Gasteiger partial charge in [-0.05, 0) is 42.3 Å². The summed E-state index contributed by atoms with van der Waals surface area (Å²) in [5.41, 5.74) is 8.96. The molecule has 3 nitrogen and oxygen atoms in total. The maximum absolute atomic E-state index is 5.63. The van der Waals surface area contributed by atoms with Crippen LogP contribution in [0.2, 0.25) is 0 Å². The maximum Gasteiger partial charge on any atom is 0.0314 e. The van der Waals surface area contributed by atoms with E-state index in [9.17, 15) is 0 Å².